The molecule has 0 spiro atoms. The summed E-state index contributed by atoms with van der Waals surface area (Å²) in [7, 11) is -4.02. The summed E-state index contributed by atoms with van der Waals surface area (Å²) in [4.78, 5) is 21.0. The molecule has 0 aliphatic carbocycles. The Morgan fingerprint density at radius 1 is 1.35 bits per heavy atom. The van der Waals surface area contributed by atoms with Crippen LogP contribution in [0.2, 0.25) is 0 Å². The molecule has 0 aliphatic heterocycles. The van der Waals surface area contributed by atoms with E-state index in [9.17, 15) is 18.0 Å². The maximum absolute atomic E-state index is 11.3. The van der Waals surface area contributed by atoms with E-state index in [4.69, 9.17) is 4.74 Å². The van der Waals surface area contributed by atoms with Crippen LogP contribution in [0.5, 0.6) is 0 Å². The molecule has 0 fully saturated rings. The smallest absolute Gasteiger partial charge is 0.338 e. The lowest BCUT2D eigenvalue weighted by Gasteiger charge is -2.02. The van der Waals surface area contributed by atoms with Crippen molar-refractivity contribution in [2.24, 2.45) is 4.40 Å². The van der Waals surface area contributed by atoms with Crippen LogP contribution in [0.15, 0.2) is 33.6 Å². The first kappa shape index (κ1) is 13.1. The minimum atomic E-state index is -4.02. The highest BCUT2D eigenvalue weighted by Gasteiger charge is 2.13. The molecule has 0 aromatic heterocycles. The summed E-state index contributed by atoms with van der Waals surface area (Å²) in [6.45, 7) is 1.89. The molecule has 0 saturated heterocycles. The van der Waals surface area contributed by atoms with Crippen LogP contribution in [-0.4, -0.2) is 27.1 Å². The minimum Gasteiger partial charge on any atom is -0.462 e. The Bertz CT molecular complexity index is 555. The van der Waals surface area contributed by atoms with Crippen LogP contribution in [0, 0.1) is 0 Å². The second-order valence-corrected chi connectivity index (χ2v) is 4.51. The van der Waals surface area contributed by atoms with Crippen LogP contribution in [0.1, 0.15) is 17.3 Å². The molecular weight excluding hydrogens is 246 g/mol. The van der Waals surface area contributed by atoms with Gasteiger partial charge in [0.2, 0.25) is 0 Å². The number of esters is 1. The molecule has 1 aromatic rings. The largest absolute Gasteiger partial charge is 0.462 e. The van der Waals surface area contributed by atoms with E-state index < -0.39 is 16.0 Å². The fraction of sp³-hybridized carbons (Fsp3) is 0.200. The van der Waals surface area contributed by atoms with E-state index in [0.717, 1.165) is 6.08 Å². The van der Waals surface area contributed by atoms with Crippen LogP contribution in [0.3, 0.4) is 0 Å². The molecule has 0 heterocycles. The van der Waals surface area contributed by atoms with Gasteiger partial charge in [0.1, 0.15) is 0 Å². The summed E-state index contributed by atoms with van der Waals surface area (Å²) in [5.41, 5.74) is 0.223. The molecule has 0 amide bonds. The summed E-state index contributed by atoms with van der Waals surface area (Å²) in [6.07, 6.45) is 0.960. The standard InChI is InChI=1S/C10H9NO5S/c1-2-16-10(13)8-3-5-9(6-4-8)17(14,15)11-7-12/h3-6H,2H2,1H3. The van der Waals surface area contributed by atoms with Gasteiger partial charge in [-0.1, -0.05) is 4.40 Å². The zero-order valence-corrected chi connectivity index (χ0v) is 9.73. The van der Waals surface area contributed by atoms with Gasteiger partial charge in [-0.3, -0.25) is 0 Å². The van der Waals surface area contributed by atoms with Crippen LogP contribution in [-0.2, 0) is 19.6 Å². The third-order valence-corrected chi connectivity index (χ3v) is 3.00. The third-order valence-electron chi connectivity index (χ3n) is 1.82. The second-order valence-electron chi connectivity index (χ2n) is 2.90. The number of nitrogens with zero attached hydrogens (tertiary/aromatic N) is 1. The quantitative estimate of drug-likeness (QED) is 0.452. The van der Waals surface area contributed by atoms with E-state index in [-0.39, 0.29) is 17.1 Å². The van der Waals surface area contributed by atoms with Gasteiger partial charge >= 0.3 is 5.97 Å². The Morgan fingerprint density at radius 3 is 2.41 bits per heavy atom. The maximum atomic E-state index is 11.3. The molecule has 90 valence electrons. The normalized spacial score (nSPS) is 10.4. The van der Waals surface area contributed by atoms with Gasteiger partial charge in [0.25, 0.3) is 16.1 Å². The number of rotatable bonds is 4. The van der Waals surface area contributed by atoms with E-state index in [2.05, 4.69) is 4.40 Å². The average molecular weight is 255 g/mol. The predicted octanol–water partition coefficient (Wildman–Crippen LogP) is 0.888. The van der Waals surface area contributed by atoms with Crippen molar-refractivity contribution in [3.63, 3.8) is 0 Å². The molecule has 0 saturated carbocycles. The number of sulfonamides is 1. The van der Waals surface area contributed by atoms with E-state index in [1.165, 1.54) is 24.3 Å². The summed E-state index contributed by atoms with van der Waals surface area (Å²) in [5, 5.41) is 0. The number of ether oxygens (including phenoxy) is 1. The number of carbonyl (C=O) groups excluding carboxylic acids is 2. The fourth-order valence-corrected chi connectivity index (χ4v) is 1.76. The second kappa shape index (κ2) is 5.38. The number of benzene rings is 1. The van der Waals surface area contributed by atoms with Crippen LogP contribution in [0.4, 0.5) is 0 Å². The molecule has 0 bridgehead atoms. The highest BCUT2D eigenvalue weighted by Crippen LogP contribution is 2.13. The van der Waals surface area contributed by atoms with Crippen molar-refractivity contribution < 1.29 is 22.7 Å². The van der Waals surface area contributed by atoms with E-state index in [1.807, 2.05) is 0 Å². The van der Waals surface area contributed by atoms with Crippen molar-refractivity contribution in [3.05, 3.63) is 29.8 Å². The SMILES string of the molecule is CCOC(=O)c1ccc(S(=O)(=O)N=C=O)cc1. The Balaban J connectivity index is 3.04. The first-order valence-corrected chi connectivity index (χ1v) is 6.06. The highest BCUT2D eigenvalue weighted by molar-refractivity contribution is 7.90. The molecule has 17 heavy (non-hydrogen) atoms. The van der Waals surface area contributed by atoms with Gasteiger partial charge in [-0.05, 0) is 31.2 Å². The van der Waals surface area contributed by atoms with Gasteiger partial charge in [0, 0.05) is 0 Å². The van der Waals surface area contributed by atoms with Crippen molar-refractivity contribution in [2.45, 2.75) is 11.8 Å². The van der Waals surface area contributed by atoms with E-state index in [0.29, 0.717) is 0 Å². The van der Waals surface area contributed by atoms with Crippen molar-refractivity contribution in [2.75, 3.05) is 6.61 Å². The Morgan fingerprint density at radius 2 is 1.94 bits per heavy atom. The molecule has 0 radical (unpaired) electrons. The summed E-state index contributed by atoms with van der Waals surface area (Å²) >= 11 is 0. The first-order chi connectivity index (χ1) is 8.01. The highest BCUT2D eigenvalue weighted by atomic mass is 32.2. The maximum Gasteiger partial charge on any atom is 0.338 e. The van der Waals surface area contributed by atoms with Gasteiger partial charge in [-0.25, -0.2) is 9.59 Å². The van der Waals surface area contributed by atoms with Crippen LogP contribution in [0.25, 0.3) is 0 Å². The molecule has 0 aliphatic rings. The molecule has 1 aromatic carbocycles. The third kappa shape index (κ3) is 3.24. The fourth-order valence-electron chi connectivity index (χ4n) is 1.08. The summed E-state index contributed by atoms with van der Waals surface area (Å²) in [6, 6.07) is 4.90. The van der Waals surface area contributed by atoms with E-state index >= 15 is 0 Å². The number of hydrogen-bond acceptors (Lipinski definition) is 5. The lowest BCUT2D eigenvalue weighted by molar-refractivity contribution is 0.0526. The molecule has 0 atom stereocenters. The van der Waals surface area contributed by atoms with Gasteiger partial charge in [-0.2, -0.15) is 8.42 Å². The van der Waals surface area contributed by atoms with Crippen molar-refractivity contribution in [1.82, 2.24) is 0 Å². The Hall–Kier alpha value is -1.98. The van der Waals surface area contributed by atoms with Crippen LogP contribution >= 0.6 is 0 Å². The van der Waals surface area contributed by atoms with Gasteiger partial charge in [-0.15, -0.1) is 0 Å². The predicted molar refractivity (Wildman–Crippen MR) is 57.7 cm³/mol. The zero-order chi connectivity index (χ0) is 12.9. The molecule has 0 unspecified atom stereocenters. The molecular formula is C10H9NO5S. The van der Waals surface area contributed by atoms with Crippen molar-refractivity contribution in [1.29, 1.82) is 0 Å². The zero-order valence-electron chi connectivity index (χ0n) is 8.91. The summed E-state index contributed by atoms with van der Waals surface area (Å²) < 4.78 is 30.0. The molecule has 7 heteroatoms. The number of hydrogen-bond donors (Lipinski definition) is 0. The van der Waals surface area contributed by atoms with Gasteiger partial charge in [0.15, 0.2) is 0 Å². The topological polar surface area (TPSA) is 89.9 Å². The van der Waals surface area contributed by atoms with Gasteiger partial charge < -0.3 is 4.74 Å². The van der Waals surface area contributed by atoms with Crippen molar-refractivity contribution in [3.8, 4) is 0 Å². The monoisotopic (exact) mass is 255 g/mol. The van der Waals surface area contributed by atoms with Crippen LogP contribution < -0.4 is 0 Å². The molecule has 6 nitrogen and oxygen atoms in total. The van der Waals surface area contributed by atoms with Gasteiger partial charge in [0.05, 0.1) is 17.1 Å². The Labute approximate surface area is 98.0 Å². The lowest BCUT2D eigenvalue weighted by atomic mass is 10.2. The first-order valence-electron chi connectivity index (χ1n) is 4.62. The number of carbonyl (C=O) groups is 1. The van der Waals surface area contributed by atoms with Crippen molar-refractivity contribution >= 4 is 22.1 Å². The molecule has 1 rings (SSSR count). The summed E-state index contributed by atoms with van der Waals surface area (Å²) in [5.74, 6) is -0.546. The minimum absolute atomic E-state index is 0.186. The average Bonchev–Trinajstić information content (AvgIpc) is 2.29. The molecule has 0 N–H and O–H groups in total. The van der Waals surface area contributed by atoms with E-state index in [1.54, 1.807) is 6.92 Å². The lowest BCUT2D eigenvalue weighted by Crippen LogP contribution is -2.05. The Kier molecular flexibility index (Phi) is 4.14. The number of isocyanates is 1.